The van der Waals surface area contributed by atoms with Crippen molar-refractivity contribution in [3.05, 3.63) is 72.4 Å². The van der Waals surface area contributed by atoms with Crippen LogP contribution in [0.5, 0.6) is 5.75 Å². The number of amides is 1. The molecule has 4 nitrogen and oxygen atoms in total. The number of hydrogen-bond donors (Lipinski definition) is 3. The maximum Gasteiger partial charge on any atom is 0.219 e. The quantitative estimate of drug-likeness (QED) is 0.329. The minimum absolute atomic E-state index is 0.0818. The lowest BCUT2D eigenvalue weighted by Gasteiger charge is -2.15. The van der Waals surface area contributed by atoms with Crippen LogP contribution in [0.15, 0.2) is 71.8 Å². The van der Waals surface area contributed by atoms with E-state index >= 15 is 0 Å². The Morgan fingerprint density at radius 3 is 2.13 bits per heavy atom. The fraction of sp³-hybridized carbons (Fsp3) is 0.400. The van der Waals surface area contributed by atoms with Gasteiger partial charge < -0.3 is 15.4 Å². The summed E-state index contributed by atoms with van der Waals surface area (Å²) in [4.78, 5) is 12.1. The summed E-state index contributed by atoms with van der Waals surface area (Å²) in [5.41, 5.74) is 2.16. The van der Waals surface area contributed by atoms with Crippen LogP contribution in [0.25, 0.3) is 0 Å². The molecule has 0 spiro atoms. The Morgan fingerprint density at radius 1 is 1.07 bits per heavy atom. The highest BCUT2D eigenvalue weighted by Gasteiger charge is 2.04. The monoisotopic (exact) mass is 430 g/mol. The van der Waals surface area contributed by atoms with Crippen molar-refractivity contribution < 1.29 is 9.53 Å². The van der Waals surface area contributed by atoms with Gasteiger partial charge in [0.05, 0.1) is 6.61 Å². The summed E-state index contributed by atoms with van der Waals surface area (Å²) in [7, 11) is 1.66. The number of allylic oxidation sites excluding steroid dienone is 1. The van der Waals surface area contributed by atoms with Crippen LogP contribution in [-0.2, 0) is 4.79 Å². The molecule has 0 bridgehead atoms. The molecule has 2 N–H and O–H groups in total. The fourth-order valence-corrected chi connectivity index (χ4v) is 2.61. The average molecular weight is 431 g/mol. The number of nitrogens with one attached hydrogen (secondary N) is 2. The Kier molecular flexibility index (Phi) is 16.1. The number of hydrogen-bond acceptors (Lipinski definition) is 4. The average Bonchev–Trinajstić information content (AvgIpc) is 2.75. The number of rotatable bonds is 9. The van der Waals surface area contributed by atoms with E-state index < -0.39 is 0 Å². The standard InChI is InChI=1S/C17H26N2O2.C6H6S.C2H6/c1-13(2)19-14(3)15-8-10-16(11-9-15)21-12-6-5-7-17(20)18-4;7-6-4-2-1-3-5-6;1-2/h8-11,14,19H,1,5-7,12H2,2-4H3,(H,18,20);1-5,7H;1-2H3. The lowest BCUT2D eigenvalue weighted by molar-refractivity contribution is -0.120. The maximum absolute atomic E-state index is 11.1. The first kappa shape index (κ1) is 27.6. The summed E-state index contributed by atoms with van der Waals surface area (Å²) < 4.78 is 5.67. The zero-order valence-corrected chi connectivity index (χ0v) is 20.0. The predicted octanol–water partition coefficient (Wildman–Crippen LogP) is 6.17. The minimum Gasteiger partial charge on any atom is -0.494 e. The molecule has 0 radical (unpaired) electrons. The molecule has 2 aromatic rings. The van der Waals surface area contributed by atoms with Crippen molar-refractivity contribution in [3.63, 3.8) is 0 Å². The Hall–Kier alpha value is -2.40. The summed E-state index contributed by atoms with van der Waals surface area (Å²) in [5, 5.41) is 5.89. The second-order valence-electron chi connectivity index (χ2n) is 6.53. The van der Waals surface area contributed by atoms with E-state index in [1.165, 1.54) is 5.56 Å². The molecule has 0 fully saturated rings. The van der Waals surface area contributed by atoms with Crippen molar-refractivity contribution in [1.29, 1.82) is 0 Å². The van der Waals surface area contributed by atoms with Gasteiger partial charge in [0.2, 0.25) is 5.91 Å². The van der Waals surface area contributed by atoms with E-state index in [4.69, 9.17) is 4.74 Å². The summed E-state index contributed by atoms with van der Waals surface area (Å²) in [6.07, 6.45) is 2.28. The molecule has 30 heavy (non-hydrogen) atoms. The van der Waals surface area contributed by atoms with Gasteiger partial charge in [-0.25, -0.2) is 0 Å². The van der Waals surface area contributed by atoms with Crippen LogP contribution in [0.1, 0.15) is 58.6 Å². The van der Waals surface area contributed by atoms with Gasteiger partial charge in [-0.15, -0.1) is 12.6 Å². The molecule has 1 atom stereocenters. The number of thiol groups is 1. The number of carbonyl (C=O) groups is 1. The molecule has 1 unspecified atom stereocenters. The van der Waals surface area contributed by atoms with Crippen LogP contribution in [0.3, 0.4) is 0 Å². The summed E-state index contributed by atoms with van der Waals surface area (Å²) in [6, 6.07) is 18.1. The van der Waals surface area contributed by atoms with Gasteiger partial charge >= 0.3 is 0 Å². The Morgan fingerprint density at radius 2 is 1.67 bits per heavy atom. The second-order valence-corrected chi connectivity index (χ2v) is 7.05. The largest absolute Gasteiger partial charge is 0.494 e. The first-order valence-electron chi connectivity index (χ1n) is 10.5. The topological polar surface area (TPSA) is 50.4 Å². The van der Waals surface area contributed by atoms with Crippen LogP contribution < -0.4 is 15.4 Å². The van der Waals surface area contributed by atoms with Crippen LogP contribution in [0, 0.1) is 0 Å². The normalized spacial score (nSPS) is 10.3. The van der Waals surface area contributed by atoms with Gasteiger partial charge in [-0.2, -0.15) is 0 Å². The Labute approximate surface area is 188 Å². The van der Waals surface area contributed by atoms with E-state index in [9.17, 15) is 4.79 Å². The highest BCUT2D eigenvalue weighted by molar-refractivity contribution is 7.80. The van der Waals surface area contributed by atoms with Crippen LogP contribution in [0.2, 0.25) is 0 Å². The van der Waals surface area contributed by atoms with Crippen LogP contribution in [-0.4, -0.2) is 19.6 Å². The third-order valence-electron chi connectivity index (χ3n) is 3.94. The highest BCUT2D eigenvalue weighted by atomic mass is 32.1. The van der Waals surface area contributed by atoms with Gasteiger partial charge in [-0.1, -0.05) is 50.8 Å². The predicted molar refractivity (Wildman–Crippen MR) is 131 cm³/mol. The van der Waals surface area contributed by atoms with Crippen molar-refractivity contribution in [2.75, 3.05) is 13.7 Å². The summed E-state index contributed by atoms with van der Waals surface area (Å²) in [6.45, 7) is 12.5. The van der Waals surface area contributed by atoms with Crippen molar-refractivity contribution in [2.24, 2.45) is 0 Å². The van der Waals surface area contributed by atoms with Gasteiger partial charge in [0.25, 0.3) is 0 Å². The van der Waals surface area contributed by atoms with Crippen LogP contribution in [0.4, 0.5) is 0 Å². The molecule has 0 aliphatic carbocycles. The molecule has 5 heteroatoms. The van der Waals surface area contributed by atoms with Crippen LogP contribution >= 0.6 is 12.6 Å². The van der Waals surface area contributed by atoms with Gasteiger partial charge in [0.15, 0.2) is 0 Å². The van der Waals surface area contributed by atoms with Crippen molar-refractivity contribution in [2.45, 2.75) is 57.9 Å². The number of benzene rings is 2. The zero-order chi connectivity index (χ0) is 22.8. The number of carbonyl (C=O) groups excluding carboxylic acids is 1. The molecule has 0 aliphatic rings. The fourth-order valence-electron chi connectivity index (χ4n) is 2.44. The van der Waals surface area contributed by atoms with E-state index in [2.05, 4.69) is 48.9 Å². The van der Waals surface area contributed by atoms with Gasteiger partial charge in [0.1, 0.15) is 5.75 Å². The van der Waals surface area contributed by atoms with E-state index in [1.54, 1.807) is 7.05 Å². The molecule has 0 saturated heterocycles. The molecule has 0 aliphatic heterocycles. The van der Waals surface area contributed by atoms with E-state index in [0.717, 1.165) is 29.2 Å². The Bertz CT molecular complexity index is 703. The SMILES string of the molecule is C=C(C)NC(C)c1ccc(OCCCCC(=O)NC)cc1.CC.Sc1ccccc1. The first-order chi connectivity index (χ1) is 14.4. The minimum atomic E-state index is 0.0818. The molecular weight excluding hydrogens is 392 g/mol. The maximum atomic E-state index is 11.1. The Balaban J connectivity index is 0.000000775. The summed E-state index contributed by atoms with van der Waals surface area (Å²) in [5.74, 6) is 0.944. The van der Waals surface area contributed by atoms with E-state index in [1.807, 2.05) is 63.2 Å². The molecule has 1 amide bonds. The molecule has 166 valence electrons. The lowest BCUT2D eigenvalue weighted by atomic mass is 10.1. The first-order valence-corrected chi connectivity index (χ1v) is 11.0. The lowest BCUT2D eigenvalue weighted by Crippen LogP contribution is -2.17. The summed E-state index contributed by atoms with van der Waals surface area (Å²) >= 11 is 4.08. The van der Waals surface area contributed by atoms with Gasteiger partial charge in [-0.3, -0.25) is 4.79 Å². The third-order valence-corrected chi connectivity index (χ3v) is 4.24. The van der Waals surface area contributed by atoms with E-state index in [0.29, 0.717) is 13.0 Å². The smallest absolute Gasteiger partial charge is 0.219 e. The second kappa shape index (κ2) is 17.5. The number of ether oxygens (including phenoxy) is 1. The van der Waals surface area contributed by atoms with Crippen molar-refractivity contribution >= 4 is 18.5 Å². The third kappa shape index (κ3) is 13.7. The molecular formula is C25H38N2O2S. The number of unbranched alkanes of at least 4 members (excludes halogenated alkanes) is 1. The van der Waals surface area contributed by atoms with Crippen molar-refractivity contribution in [1.82, 2.24) is 10.6 Å². The molecule has 2 aromatic carbocycles. The highest BCUT2D eigenvalue weighted by Crippen LogP contribution is 2.18. The molecule has 0 saturated carbocycles. The molecule has 0 heterocycles. The zero-order valence-electron chi connectivity index (χ0n) is 19.1. The molecule has 2 rings (SSSR count). The van der Waals surface area contributed by atoms with Gasteiger partial charge in [0, 0.05) is 30.1 Å². The van der Waals surface area contributed by atoms with Gasteiger partial charge in [-0.05, 0) is 56.5 Å². The van der Waals surface area contributed by atoms with Crippen molar-refractivity contribution in [3.8, 4) is 5.75 Å². The van der Waals surface area contributed by atoms with E-state index in [-0.39, 0.29) is 11.9 Å². The molecule has 0 aromatic heterocycles.